The van der Waals surface area contributed by atoms with E-state index in [1.807, 2.05) is 0 Å². The van der Waals surface area contributed by atoms with Crippen LogP contribution in [0.3, 0.4) is 0 Å². The Morgan fingerprint density at radius 3 is 2.75 bits per heavy atom. The van der Waals surface area contributed by atoms with Gasteiger partial charge in [0.2, 0.25) is 0 Å². The highest BCUT2D eigenvalue weighted by molar-refractivity contribution is 5.94. The van der Waals surface area contributed by atoms with Gasteiger partial charge in [-0.3, -0.25) is 4.79 Å². The summed E-state index contributed by atoms with van der Waals surface area (Å²) in [6, 6.07) is 4.48. The molecular formula is C15H20FNO3. The van der Waals surface area contributed by atoms with Crippen molar-refractivity contribution in [2.45, 2.75) is 31.7 Å². The Labute approximate surface area is 118 Å². The zero-order chi connectivity index (χ0) is 14.5. The van der Waals surface area contributed by atoms with E-state index >= 15 is 0 Å². The Morgan fingerprint density at radius 2 is 2.25 bits per heavy atom. The van der Waals surface area contributed by atoms with Crippen LogP contribution in [-0.4, -0.2) is 42.2 Å². The topological polar surface area (TPSA) is 49.8 Å². The van der Waals surface area contributed by atoms with E-state index in [4.69, 9.17) is 9.84 Å². The van der Waals surface area contributed by atoms with Gasteiger partial charge in [0.25, 0.3) is 5.91 Å². The second-order valence-electron chi connectivity index (χ2n) is 5.01. The van der Waals surface area contributed by atoms with E-state index in [2.05, 4.69) is 0 Å². The summed E-state index contributed by atoms with van der Waals surface area (Å²) in [6.07, 6.45) is 3.62. The first-order valence-corrected chi connectivity index (χ1v) is 6.92. The summed E-state index contributed by atoms with van der Waals surface area (Å²) in [5.41, 5.74) is 0.327. The predicted octanol–water partition coefficient (Wildman–Crippen LogP) is 2.21. The summed E-state index contributed by atoms with van der Waals surface area (Å²) in [6.45, 7) is 0.557. The number of amides is 1. The third-order valence-corrected chi connectivity index (χ3v) is 3.73. The van der Waals surface area contributed by atoms with Crippen LogP contribution in [0.2, 0.25) is 0 Å². The van der Waals surface area contributed by atoms with Gasteiger partial charge in [0.15, 0.2) is 11.6 Å². The summed E-state index contributed by atoms with van der Waals surface area (Å²) in [4.78, 5) is 14.2. The monoisotopic (exact) mass is 281 g/mol. The molecule has 1 aliphatic carbocycles. The van der Waals surface area contributed by atoms with Crippen molar-refractivity contribution >= 4 is 5.91 Å². The lowest BCUT2D eigenvalue weighted by Gasteiger charge is -2.37. The van der Waals surface area contributed by atoms with Crippen molar-refractivity contribution in [3.8, 4) is 5.75 Å². The molecule has 1 aliphatic rings. The van der Waals surface area contributed by atoms with Crippen LogP contribution in [0.1, 0.15) is 36.0 Å². The molecule has 0 spiro atoms. The van der Waals surface area contributed by atoms with E-state index in [1.165, 1.54) is 19.2 Å². The first-order chi connectivity index (χ1) is 9.67. The number of halogens is 1. The van der Waals surface area contributed by atoms with Crippen LogP contribution in [-0.2, 0) is 0 Å². The molecule has 1 aromatic carbocycles. The molecule has 0 aliphatic heterocycles. The molecule has 20 heavy (non-hydrogen) atoms. The largest absolute Gasteiger partial charge is 0.494 e. The number of hydrogen-bond acceptors (Lipinski definition) is 3. The van der Waals surface area contributed by atoms with E-state index in [0.29, 0.717) is 18.5 Å². The fraction of sp³-hybridized carbons (Fsp3) is 0.533. The van der Waals surface area contributed by atoms with Crippen LogP contribution >= 0.6 is 0 Å². The number of carbonyl (C=O) groups is 1. The number of ether oxygens (including phenoxy) is 1. The summed E-state index contributed by atoms with van der Waals surface area (Å²) in [5, 5.41) is 8.94. The van der Waals surface area contributed by atoms with E-state index in [9.17, 15) is 9.18 Å². The van der Waals surface area contributed by atoms with Gasteiger partial charge in [-0.25, -0.2) is 4.39 Å². The van der Waals surface area contributed by atoms with Crippen LogP contribution < -0.4 is 4.74 Å². The zero-order valence-electron chi connectivity index (χ0n) is 11.6. The second-order valence-corrected chi connectivity index (χ2v) is 5.01. The number of carbonyl (C=O) groups excluding carboxylic acids is 1. The third-order valence-electron chi connectivity index (χ3n) is 3.73. The Bertz CT molecular complexity index is 474. The fourth-order valence-corrected chi connectivity index (χ4v) is 2.35. The average molecular weight is 281 g/mol. The van der Waals surface area contributed by atoms with Crippen molar-refractivity contribution in [3.05, 3.63) is 29.6 Å². The Kier molecular flexibility index (Phi) is 4.95. The van der Waals surface area contributed by atoms with Crippen LogP contribution in [0.25, 0.3) is 0 Å². The molecule has 110 valence electrons. The smallest absolute Gasteiger partial charge is 0.254 e. The van der Waals surface area contributed by atoms with E-state index in [1.54, 1.807) is 11.0 Å². The first kappa shape index (κ1) is 14.8. The quantitative estimate of drug-likeness (QED) is 0.869. The molecule has 1 amide bonds. The summed E-state index contributed by atoms with van der Waals surface area (Å²) in [7, 11) is 1.39. The van der Waals surface area contributed by atoms with Gasteiger partial charge in [0.1, 0.15) is 0 Å². The van der Waals surface area contributed by atoms with Gasteiger partial charge in [0.05, 0.1) is 7.11 Å². The number of aliphatic hydroxyl groups excluding tert-OH is 1. The maximum absolute atomic E-state index is 13.7. The Balaban J connectivity index is 2.15. The van der Waals surface area contributed by atoms with Gasteiger partial charge in [0, 0.05) is 24.8 Å². The highest BCUT2D eigenvalue weighted by atomic mass is 19.1. The van der Waals surface area contributed by atoms with Crippen molar-refractivity contribution in [1.82, 2.24) is 4.90 Å². The van der Waals surface area contributed by atoms with E-state index < -0.39 is 5.82 Å². The van der Waals surface area contributed by atoms with Gasteiger partial charge in [-0.15, -0.1) is 0 Å². The molecule has 0 heterocycles. The van der Waals surface area contributed by atoms with Gasteiger partial charge < -0.3 is 14.7 Å². The van der Waals surface area contributed by atoms with Crippen molar-refractivity contribution < 1.29 is 19.0 Å². The molecule has 0 atom stereocenters. The molecule has 0 bridgehead atoms. The Morgan fingerprint density at radius 1 is 1.50 bits per heavy atom. The van der Waals surface area contributed by atoms with Crippen molar-refractivity contribution in [2.24, 2.45) is 0 Å². The molecule has 0 saturated heterocycles. The molecule has 1 saturated carbocycles. The predicted molar refractivity (Wildman–Crippen MR) is 73.3 cm³/mol. The fourth-order valence-electron chi connectivity index (χ4n) is 2.35. The van der Waals surface area contributed by atoms with Crippen molar-refractivity contribution in [2.75, 3.05) is 20.3 Å². The summed E-state index contributed by atoms with van der Waals surface area (Å²) >= 11 is 0. The van der Waals surface area contributed by atoms with Crippen molar-refractivity contribution in [1.29, 1.82) is 0 Å². The van der Waals surface area contributed by atoms with Gasteiger partial charge in [-0.05, 0) is 43.9 Å². The minimum Gasteiger partial charge on any atom is -0.494 e. The van der Waals surface area contributed by atoms with Crippen LogP contribution in [0.15, 0.2) is 18.2 Å². The molecule has 0 unspecified atom stereocenters. The lowest BCUT2D eigenvalue weighted by atomic mass is 9.90. The van der Waals surface area contributed by atoms with Crippen LogP contribution in [0, 0.1) is 5.82 Å². The molecule has 0 aromatic heterocycles. The summed E-state index contributed by atoms with van der Waals surface area (Å²) in [5.74, 6) is -0.578. The molecule has 5 heteroatoms. The summed E-state index contributed by atoms with van der Waals surface area (Å²) < 4.78 is 18.5. The number of methoxy groups -OCH3 is 1. The maximum atomic E-state index is 13.7. The molecule has 1 N–H and O–H groups in total. The number of hydrogen-bond donors (Lipinski definition) is 1. The van der Waals surface area contributed by atoms with Crippen LogP contribution in [0.5, 0.6) is 5.75 Å². The minimum atomic E-state index is -0.533. The lowest BCUT2D eigenvalue weighted by molar-refractivity contribution is 0.0562. The highest BCUT2D eigenvalue weighted by Crippen LogP contribution is 2.27. The molecule has 0 radical (unpaired) electrons. The van der Waals surface area contributed by atoms with Gasteiger partial charge in [-0.1, -0.05) is 0 Å². The number of aliphatic hydroxyl groups is 1. The highest BCUT2D eigenvalue weighted by Gasteiger charge is 2.29. The molecule has 1 aromatic rings. The molecule has 2 rings (SSSR count). The Hall–Kier alpha value is -1.62. The van der Waals surface area contributed by atoms with Gasteiger partial charge in [-0.2, -0.15) is 0 Å². The van der Waals surface area contributed by atoms with Crippen LogP contribution in [0.4, 0.5) is 4.39 Å². The third kappa shape index (κ3) is 3.10. The van der Waals surface area contributed by atoms with E-state index in [0.717, 1.165) is 19.3 Å². The average Bonchev–Trinajstić information content (AvgIpc) is 2.40. The maximum Gasteiger partial charge on any atom is 0.254 e. The lowest BCUT2D eigenvalue weighted by Crippen LogP contribution is -2.45. The SMILES string of the molecule is COc1ccc(C(=O)N(CCCO)C2CCC2)cc1F. The van der Waals surface area contributed by atoms with Crippen molar-refractivity contribution in [3.63, 3.8) is 0 Å². The zero-order valence-corrected chi connectivity index (χ0v) is 11.6. The van der Waals surface area contributed by atoms with Gasteiger partial charge >= 0.3 is 0 Å². The number of benzene rings is 1. The number of nitrogens with zero attached hydrogens (tertiary/aromatic N) is 1. The molecular weight excluding hydrogens is 261 g/mol. The number of rotatable bonds is 6. The standard InChI is InChI=1S/C15H20FNO3/c1-20-14-7-6-11(10-13(14)16)15(19)17(8-3-9-18)12-4-2-5-12/h6-7,10,12,18H,2-5,8-9H2,1H3. The van der Waals surface area contributed by atoms with E-state index in [-0.39, 0.29) is 24.3 Å². The molecule has 4 nitrogen and oxygen atoms in total. The minimum absolute atomic E-state index is 0.0491. The second kappa shape index (κ2) is 6.70. The first-order valence-electron chi connectivity index (χ1n) is 6.92. The normalized spacial score (nSPS) is 14.8. The molecule has 1 fully saturated rings.